The van der Waals surface area contributed by atoms with Crippen molar-refractivity contribution in [3.63, 3.8) is 0 Å². The molecule has 4 heteroatoms. The van der Waals surface area contributed by atoms with E-state index in [-0.39, 0.29) is 5.91 Å². The van der Waals surface area contributed by atoms with Crippen LogP contribution in [0.25, 0.3) is 0 Å². The molecule has 0 spiro atoms. The van der Waals surface area contributed by atoms with Crippen molar-refractivity contribution in [1.82, 2.24) is 9.80 Å². The third kappa shape index (κ3) is 4.43. The number of nitrogens with one attached hydrogen (secondary N) is 1. The van der Waals surface area contributed by atoms with Gasteiger partial charge in [0.15, 0.2) is 0 Å². The van der Waals surface area contributed by atoms with Gasteiger partial charge in [0.1, 0.15) is 0 Å². The standard InChI is InChI=1S/C20H25N3O/c1-16-4-3-5-19(14-16)21-20(24)18-8-6-17(7-9-18)15-23-12-10-22(2)11-13-23/h3-9,14H,10-13,15H2,1-2H3,(H,21,24). The average molecular weight is 323 g/mol. The van der Waals surface area contributed by atoms with Gasteiger partial charge in [-0.1, -0.05) is 24.3 Å². The monoisotopic (exact) mass is 323 g/mol. The van der Waals surface area contributed by atoms with Crippen LogP contribution in [0.4, 0.5) is 5.69 Å². The Balaban J connectivity index is 1.58. The quantitative estimate of drug-likeness (QED) is 0.939. The van der Waals surface area contributed by atoms with Gasteiger partial charge in [-0.05, 0) is 49.4 Å². The largest absolute Gasteiger partial charge is 0.322 e. The molecule has 1 fully saturated rings. The summed E-state index contributed by atoms with van der Waals surface area (Å²) in [6.07, 6.45) is 0. The van der Waals surface area contributed by atoms with Gasteiger partial charge in [0, 0.05) is 44.0 Å². The zero-order valence-electron chi connectivity index (χ0n) is 14.5. The second-order valence-electron chi connectivity index (χ2n) is 6.60. The summed E-state index contributed by atoms with van der Waals surface area (Å²) in [7, 11) is 2.17. The fraction of sp³-hybridized carbons (Fsp3) is 0.350. The number of aryl methyl sites for hydroxylation is 1. The molecule has 126 valence electrons. The van der Waals surface area contributed by atoms with Crippen molar-refractivity contribution >= 4 is 11.6 Å². The van der Waals surface area contributed by atoms with Crippen LogP contribution in [0.1, 0.15) is 21.5 Å². The van der Waals surface area contributed by atoms with Gasteiger partial charge < -0.3 is 10.2 Å². The van der Waals surface area contributed by atoms with Gasteiger partial charge in [0.05, 0.1) is 0 Å². The van der Waals surface area contributed by atoms with Gasteiger partial charge in [0.25, 0.3) is 5.91 Å². The van der Waals surface area contributed by atoms with Crippen LogP contribution >= 0.6 is 0 Å². The highest BCUT2D eigenvalue weighted by Gasteiger charge is 2.14. The van der Waals surface area contributed by atoms with Crippen molar-refractivity contribution in [3.8, 4) is 0 Å². The zero-order chi connectivity index (χ0) is 16.9. The minimum Gasteiger partial charge on any atom is -0.322 e. The summed E-state index contributed by atoms with van der Waals surface area (Å²) < 4.78 is 0. The summed E-state index contributed by atoms with van der Waals surface area (Å²) in [5, 5.41) is 2.95. The Morgan fingerprint density at radius 2 is 1.75 bits per heavy atom. The number of piperazine rings is 1. The van der Waals surface area contributed by atoms with E-state index in [4.69, 9.17) is 0 Å². The average Bonchev–Trinajstić information content (AvgIpc) is 2.57. The van der Waals surface area contributed by atoms with E-state index in [1.807, 2.05) is 43.3 Å². The molecule has 0 aromatic heterocycles. The summed E-state index contributed by atoms with van der Waals surface area (Å²) in [6.45, 7) is 7.42. The predicted octanol–water partition coefficient (Wildman–Crippen LogP) is 2.99. The van der Waals surface area contributed by atoms with Gasteiger partial charge in [-0.25, -0.2) is 0 Å². The highest BCUT2D eigenvalue weighted by molar-refractivity contribution is 6.04. The molecule has 1 heterocycles. The molecule has 1 N–H and O–H groups in total. The number of hydrogen-bond acceptors (Lipinski definition) is 3. The van der Waals surface area contributed by atoms with Crippen LogP contribution in [0.3, 0.4) is 0 Å². The molecular formula is C20H25N3O. The summed E-state index contributed by atoms with van der Waals surface area (Å²) in [6, 6.07) is 15.8. The van der Waals surface area contributed by atoms with E-state index in [2.05, 4.69) is 34.3 Å². The van der Waals surface area contributed by atoms with Crippen LogP contribution in [0.2, 0.25) is 0 Å². The Morgan fingerprint density at radius 1 is 1.04 bits per heavy atom. The molecule has 1 aliphatic heterocycles. The van der Waals surface area contributed by atoms with Gasteiger partial charge in [-0.2, -0.15) is 0 Å². The Hall–Kier alpha value is -2.17. The number of likely N-dealkylation sites (N-methyl/N-ethyl adjacent to an activating group) is 1. The number of amides is 1. The minimum atomic E-state index is -0.0632. The van der Waals surface area contributed by atoms with Crippen LogP contribution in [-0.2, 0) is 6.54 Å². The molecule has 0 aliphatic carbocycles. The molecule has 0 saturated carbocycles. The molecule has 0 unspecified atom stereocenters. The summed E-state index contributed by atoms with van der Waals surface area (Å²) in [4.78, 5) is 17.2. The lowest BCUT2D eigenvalue weighted by atomic mass is 10.1. The van der Waals surface area contributed by atoms with Gasteiger partial charge in [-0.15, -0.1) is 0 Å². The lowest BCUT2D eigenvalue weighted by molar-refractivity contribution is 0.102. The van der Waals surface area contributed by atoms with Crippen molar-refractivity contribution in [2.45, 2.75) is 13.5 Å². The number of hydrogen-bond donors (Lipinski definition) is 1. The number of nitrogens with zero attached hydrogens (tertiary/aromatic N) is 2. The van der Waals surface area contributed by atoms with E-state index in [0.717, 1.165) is 44.0 Å². The van der Waals surface area contributed by atoms with Crippen molar-refractivity contribution in [2.75, 3.05) is 38.5 Å². The molecule has 0 radical (unpaired) electrons. The maximum absolute atomic E-state index is 12.3. The van der Waals surface area contributed by atoms with Crippen LogP contribution in [0.15, 0.2) is 48.5 Å². The van der Waals surface area contributed by atoms with E-state index < -0.39 is 0 Å². The Morgan fingerprint density at radius 3 is 2.42 bits per heavy atom. The minimum absolute atomic E-state index is 0.0632. The number of benzene rings is 2. The number of carbonyl (C=O) groups excluding carboxylic acids is 1. The van der Waals surface area contributed by atoms with E-state index in [0.29, 0.717) is 5.56 Å². The van der Waals surface area contributed by atoms with Crippen molar-refractivity contribution in [3.05, 3.63) is 65.2 Å². The van der Waals surface area contributed by atoms with E-state index in [9.17, 15) is 4.79 Å². The van der Waals surface area contributed by atoms with Crippen molar-refractivity contribution < 1.29 is 4.79 Å². The Kier molecular flexibility index (Phi) is 5.28. The van der Waals surface area contributed by atoms with Gasteiger partial charge in [0.2, 0.25) is 0 Å². The molecule has 1 saturated heterocycles. The number of carbonyl (C=O) groups is 1. The molecular weight excluding hydrogens is 298 g/mol. The third-order valence-corrected chi connectivity index (χ3v) is 4.49. The van der Waals surface area contributed by atoms with E-state index in [1.165, 1.54) is 5.56 Å². The predicted molar refractivity (Wildman–Crippen MR) is 98.3 cm³/mol. The second kappa shape index (κ2) is 7.60. The highest BCUT2D eigenvalue weighted by atomic mass is 16.1. The second-order valence-corrected chi connectivity index (χ2v) is 6.60. The third-order valence-electron chi connectivity index (χ3n) is 4.49. The molecule has 3 rings (SSSR count). The topological polar surface area (TPSA) is 35.6 Å². The maximum Gasteiger partial charge on any atom is 0.255 e. The first-order chi connectivity index (χ1) is 11.6. The summed E-state index contributed by atoms with van der Waals surface area (Å²) in [5.41, 5.74) is 3.92. The molecule has 0 atom stereocenters. The summed E-state index contributed by atoms with van der Waals surface area (Å²) in [5.74, 6) is -0.0632. The molecule has 0 bridgehead atoms. The van der Waals surface area contributed by atoms with E-state index >= 15 is 0 Å². The molecule has 1 aliphatic rings. The van der Waals surface area contributed by atoms with Crippen LogP contribution in [0.5, 0.6) is 0 Å². The molecule has 2 aromatic rings. The Bertz CT molecular complexity index is 688. The normalized spacial score (nSPS) is 16.1. The molecule has 2 aromatic carbocycles. The van der Waals surface area contributed by atoms with Crippen LogP contribution < -0.4 is 5.32 Å². The molecule has 4 nitrogen and oxygen atoms in total. The first-order valence-corrected chi connectivity index (χ1v) is 8.48. The fourth-order valence-electron chi connectivity index (χ4n) is 2.95. The molecule has 1 amide bonds. The van der Waals surface area contributed by atoms with Crippen LogP contribution in [0, 0.1) is 6.92 Å². The van der Waals surface area contributed by atoms with E-state index in [1.54, 1.807) is 0 Å². The van der Waals surface area contributed by atoms with Crippen molar-refractivity contribution in [1.29, 1.82) is 0 Å². The van der Waals surface area contributed by atoms with Crippen molar-refractivity contribution in [2.24, 2.45) is 0 Å². The van der Waals surface area contributed by atoms with Gasteiger partial charge in [-0.3, -0.25) is 9.69 Å². The first-order valence-electron chi connectivity index (χ1n) is 8.48. The first kappa shape index (κ1) is 16.7. The highest BCUT2D eigenvalue weighted by Crippen LogP contribution is 2.13. The number of rotatable bonds is 4. The maximum atomic E-state index is 12.3. The Labute approximate surface area is 144 Å². The number of anilines is 1. The smallest absolute Gasteiger partial charge is 0.255 e. The SMILES string of the molecule is Cc1cccc(NC(=O)c2ccc(CN3CCN(C)CC3)cc2)c1. The fourth-order valence-corrected chi connectivity index (χ4v) is 2.95. The van der Waals surface area contributed by atoms with Crippen LogP contribution in [-0.4, -0.2) is 48.9 Å². The lowest BCUT2D eigenvalue weighted by Crippen LogP contribution is -2.43. The summed E-state index contributed by atoms with van der Waals surface area (Å²) >= 11 is 0. The lowest BCUT2D eigenvalue weighted by Gasteiger charge is -2.32. The van der Waals surface area contributed by atoms with Gasteiger partial charge >= 0.3 is 0 Å². The zero-order valence-corrected chi connectivity index (χ0v) is 14.5. The molecule has 24 heavy (non-hydrogen) atoms.